The molecule has 0 fully saturated rings. The van der Waals surface area contributed by atoms with E-state index in [1.54, 1.807) is 0 Å². The van der Waals surface area contributed by atoms with Crippen LogP contribution in [0.2, 0.25) is 0 Å². The van der Waals surface area contributed by atoms with Crippen molar-refractivity contribution in [2.75, 3.05) is 0 Å². The molecule has 0 saturated heterocycles. The zero-order valence-corrected chi connectivity index (χ0v) is 14.9. The summed E-state index contributed by atoms with van der Waals surface area (Å²) in [6.45, 7) is 1.75. The van der Waals surface area contributed by atoms with Crippen LogP contribution in [0.5, 0.6) is 0 Å². The number of hydrogen-bond donors (Lipinski definition) is 0. The predicted octanol–water partition coefficient (Wildman–Crippen LogP) is -6.41. The Balaban J connectivity index is -0.0000000833. The van der Waals surface area contributed by atoms with Crippen LogP contribution in [0.3, 0.4) is 0 Å². The van der Waals surface area contributed by atoms with Gasteiger partial charge in [0.15, 0.2) is 0 Å². The van der Waals surface area contributed by atoms with Crippen molar-refractivity contribution in [3.63, 3.8) is 0 Å². The van der Waals surface area contributed by atoms with Gasteiger partial charge in [-0.25, -0.2) is 0 Å². The van der Waals surface area contributed by atoms with Crippen molar-refractivity contribution in [3.05, 3.63) is 0 Å². The van der Waals surface area contributed by atoms with Gasteiger partial charge in [-0.2, -0.15) is 0 Å². The van der Waals surface area contributed by atoms with Crippen LogP contribution in [-0.4, -0.2) is 20.4 Å². The Morgan fingerprint density at radius 3 is 1.38 bits per heavy atom. The SMILES string of the molecule is CC(=O)OS(=O)(=O)OC(C)=O.[H-].[H-].[K+].[K+]. The Bertz CT molecular complexity index is 257. The van der Waals surface area contributed by atoms with Gasteiger partial charge in [-0.3, -0.25) is 9.59 Å². The van der Waals surface area contributed by atoms with E-state index < -0.39 is 22.3 Å². The molecule has 0 bridgehead atoms. The molecule has 0 N–H and O–H groups in total. The summed E-state index contributed by atoms with van der Waals surface area (Å²) in [6, 6.07) is 0. The number of carbonyl (C=O) groups is 2. The van der Waals surface area contributed by atoms with Gasteiger partial charge >= 0.3 is 125 Å². The average Bonchev–Trinajstić information content (AvgIpc) is 1.53. The summed E-state index contributed by atoms with van der Waals surface area (Å²) < 4.78 is 28.0. The quantitative estimate of drug-likeness (QED) is 0.460. The van der Waals surface area contributed by atoms with E-state index in [4.69, 9.17) is 0 Å². The Labute approximate surface area is 164 Å². The van der Waals surface area contributed by atoms with E-state index in [1.807, 2.05) is 0 Å². The molecule has 0 unspecified atom stereocenters. The van der Waals surface area contributed by atoms with Crippen LogP contribution in [-0.2, 0) is 28.4 Å². The summed E-state index contributed by atoms with van der Waals surface area (Å²) in [5.41, 5.74) is 0. The molecule has 0 saturated carbocycles. The maximum atomic E-state index is 10.4. The molecular weight excluding hydrogens is 254 g/mol. The van der Waals surface area contributed by atoms with Crippen molar-refractivity contribution < 1.29 is 132 Å². The first kappa shape index (κ1) is 20.6. The molecule has 0 aliphatic heterocycles. The second-order valence-corrected chi connectivity index (χ2v) is 2.71. The van der Waals surface area contributed by atoms with Gasteiger partial charge in [0.05, 0.1) is 0 Å². The van der Waals surface area contributed by atoms with Crippen LogP contribution in [0, 0.1) is 0 Å². The standard InChI is InChI=1S/C4H6O6S.2K.2H/c1-3(5)9-11(7,8)10-4(2)6;;;;/h1-2H3;;;;/q;2*+1;2*-1. The third kappa shape index (κ3) is 14.2. The van der Waals surface area contributed by atoms with Crippen molar-refractivity contribution in [1.82, 2.24) is 0 Å². The molecule has 0 aliphatic rings. The van der Waals surface area contributed by atoms with Gasteiger partial charge in [0, 0.05) is 13.8 Å². The second-order valence-electron chi connectivity index (χ2n) is 1.56. The van der Waals surface area contributed by atoms with Crippen molar-refractivity contribution in [1.29, 1.82) is 0 Å². The molecule has 13 heavy (non-hydrogen) atoms. The van der Waals surface area contributed by atoms with Gasteiger partial charge in [-0.15, -0.1) is 8.42 Å². The fourth-order valence-corrected chi connectivity index (χ4v) is 0.913. The van der Waals surface area contributed by atoms with Gasteiger partial charge in [0.2, 0.25) is 0 Å². The van der Waals surface area contributed by atoms with E-state index >= 15 is 0 Å². The number of carbonyl (C=O) groups excluding carboxylic acids is 2. The Morgan fingerprint density at radius 2 is 1.23 bits per heavy atom. The minimum Gasteiger partial charge on any atom is -1.00 e. The van der Waals surface area contributed by atoms with Gasteiger partial charge in [0.1, 0.15) is 0 Å². The zero-order valence-electron chi connectivity index (χ0n) is 9.86. The average molecular weight is 262 g/mol. The third-order valence-electron chi connectivity index (χ3n) is 0.439. The van der Waals surface area contributed by atoms with Gasteiger partial charge in [-0.05, 0) is 0 Å². The fraction of sp³-hybridized carbons (Fsp3) is 0.500. The maximum absolute atomic E-state index is 10.4. The minimum absolute atomic E-state index is 0. The molecule has 0 aliphatic carbocycles. The first-order valence-corrected chi connectivity index (χ1v) is 3.82. The summed E-state index contributed by atoms with van der Waals surface area (Å²) >= 11 is 0. The minimum atomic E-state index is -4.48. The molecule has 9 heteroatoms. The summed E-state index contributed by atoms with van der Waals surface area (Å²) in [5, 5.41) is 0. The predicted molar refractivity (Wildman–Crippen MR) is 34.7 cm³/mol. The molecule has 0 heterocycles. The van der Waals surface area contributed by atoms with Crippen molar-refractivity contribution in [3.8, 4) is 0 Å². The second kappa shape index (κ2) is 9.39. The topological polar surface area (TPSA) is 86.7 Å². The van der Waals surface area contributed by atoms with Crippen molar-refractivity contribution in [2.45, 2.75) is 13.8 Å². The molecule has 0 aromatic heterocycles. The van der Waals surface area contributed by atoms with Crippen LogP contribution in [0.25, 0.3) is 0 Å². The van der Waals surface area contributed by atoms with E-state index in [0.717, 1.165) is 13.8 Å². The van der Waals surface area contributed by atoms with E-state index in [9.17, 15) is 18.0 Å². The smallest absolute Gasteiger partial charge is 1.00 e. The summed E-state index contributed by atoms with van der Waals surface area (Å²) in [5.74, 6) is -2.13. The van der Waals surface area contributed by atoms with E-state index in [-0.39, 0.29) is 106 Å². The van der Waals surface area contributed by atoms with E-state index in [0.29, 0.717) is 0 Å². The molecule has 0 aromatic carbocycles. The van der Waals surface area contributed by atoms with E-state index in [1.165, 1.54) is 0 Å². The van der Waals surface area contributed by atoms with Crippen molar-refractivity contribution >= 4 is 22.3 Å². The molecular formula is C4H8K2O6S. The normalized spacial score (nSPS) is 8.77. The number of hydrogen-bond acceptors (Lipinski definition) is 6. The molecule has 6 nitrogen and oxygen atoms in total. The molecule has 68 valence electrons. The van der Waals surface area contributed by atoms with Crippen LogP contribution in [0.15, 0.2) is 0 Å². The number of rotatable bonds is 2. The molecule has 0 radical (unpaired) electrons. The Kier molecular flexibility index (Phi) is 14.9. The molecule has 0 atom stereocenters. The Morgan fingerprint density at radius 1 is 1.00 bits per heavy atom. The third-order valence-corrected chi connectivity index (χ3v) is 1.32. The van der Waals surface area contributed by atoms with Crippen LogP contribution >= 0.6 is 0 Å². The first-order chi connectivity index (χ1) is 4.83. The summed E-state index contributed by atoms with van der Waals surface area (Å²) in [6.07, 6.45) is 0. The first-order valence-electron chi connectivity index (χ1n) is 2.48. The molecule has 0 spiro atoms. The van der Waals surface area contributed by atoms with E-state index in [2.05, 4.69) is 8.37 Å². The zero-order chi connectivity index (χ0) is 9.07. The van der Waals surface area contributed by atoms with Crippen molar-refractivity contribution in [2.24, 2.45) is 0 Å². The summed E-state index contributed by atoms with van der Waals surface area (Å²) in [4.78, 5) is 20.1. The fourth-order valence-electron chi connectivity index (χ4n) is 0.304. The maximum Gasteiger partial charge on any atom is 1.00 e. The summed E-state index contributed by atoms with van der Waals surface area (Å²) in [7, 11) is -4.48. The monoisotopic (exact) mass is 262 g/mol. The van der Waals surface area contributed by atoms with Gasteiger partial charge in [-0.1, -0.05) is 0 Å². The van der Waals surface area contributed by atoms with Crippen LogP contribution in [0.1, 0.15) is 16.7 Å². The van der Waals surface area contributed by atoms with Crippen LogP contribution < -0.4 is 103 Å². The molecule has 0 aromatic rings. The largest absolute Gasteiger partial charge is 1.00 e. The Hall–Kier alpha value is 2.16. The van der Waals surface area contributed by atoms with Gasteiger partial charge < -0.3 is 11.2 Å². The molecule has 0 amide bonds. The van der Waals surface area contributed by atoms with Crippen LogP contribution in [0.4, 0.5) is 0 Å². The van der Waals surface area contributed by atoms with Gasteiger partial charge in [0.25, 0.3) is 0 Å². The molecule has 0 rings (SSSR count).